The molecule has 2 rings (SSSR count). The lowest BCUT2D eigenvalue weighted by molar-refractivity contribution is -0.119. The molecule has 1 saturated heterocycles. The van der Waals surface area contributed by atoms with E-state index in [-0.39, 0.29) is 23.7 Å². The summed E-state index contributed by atoms with van der Waals surface area (Å²) in [6, 6.07) is -0.167. The highest BCUT2D eigenvalue weighted by Crippen LogP contribution is 2.07. The molecular formula is C8H11N5O2. The summed E-state index contributed by atoms with van der Waals surface area (Å²) in [4.78, 5) is 22.5. The van der Waals surface area contributed by atoms with E-state index in [4.69, 9.17) is 5.73 Å². The van der Waals surface area contributed by atoms with Gasteiger partial charge in [-0.3, -0.25) is 14.7 Å². The van der Waals surface area contributed by atoms with Gasteiger partial charge in [-0.2, -0.15) is 5.10 Å². The van der Waals surface area contributed by atoms with Gasteiger partial charge >= 0.3 is 0 Å². The fraction of sp³-hybridized carbons (Fsp3) is 0.375. The molecule has 1 aliphatic heterocycles. The topological polar surface area (TPSA) is 113 Å². The Bertz CT molecular complexity index is 399. The average molecular weight is 209 g/mol. The van der Waals surface area contributed by atoms with Gasteiger partial charge in [-0.15, -0.1) is 0 Å². The Kier molecular flexibility index (Phi) is 2.28. The first-order valence-electron chi connectivity index (χ1n) is 4.53. The number of nitrogens with two attached hydrogens (primary N) is 1. The third-order valence-electron chi connectivity index (χ3n) is 2.23. The Morgan fingerprint density at radius 2 is 2.47 bits per heavy atom. The van der Waals surface area contributed by atoms with Gasteiger partial charge in [0.25, 0.3) is 5.91 Å². The van der Waals surface area contributed by atoms with Gasteiger partial charge in [-0.25, -0.2) is 0 Å². The lowest BCUT2D eigenvalue weighted by Crippen LogP contribution is -2.36. The van der Waals surface area contributed by atoms with E-state index in [1.54, 1.807) is 0 Å². The zero-order chi connectivity index (χ0) is 10.8. The van der Waals surface area contributed by atoms with Crippen LogP contribution in [-0.4, -0.2) is 34.6 Å². The van der Waals surface area contributed by atoms with Crippen LogP contribution in [0.15, 0.2) is 6.20 Å². The Balaban J connectivity index is 1.98. The molecule has 7 nitrogen and oxygen atoms in total. The van der Waals surface area contributed by atoms with E-state index in [2.05, 4.69) is 20.8 Å². The fourth-order valence-electron chi connectivity index (χ4n) is 1.45. The maximum absolute atomic E-state index is 11.6. The maximum atomic E-state index is 11.6. The number of nitrogen functional groups attached to an aromatic ring is 1. The lowest BCUT2D eigenvalue weighted by Gasteiger charge is -2.09. The van der Waals surface area contributed by atoms with Crippen molar-refractivity contribution in [2.45, 2.75) is 12.5 Å². The highest BCUT2D eigenvalue weighted by molar-refractivity contribution is 5.98. The number of hydrogen-bond acceptors (Lipinski definition) is 4. The van der Waals surface area contributed by atoms with Crippen LogP contribution < -0.4 is 16.4 Å². The number of H-pyrrole nitrogens is 1. The van der Waals surface area contributed by atoms with Crippen molar-refractivity contribution < 1.29 is 9.59 Å². The first kappa shape index (κ1) is 9.50. The van der Waals surface area contributed by atoms with Crippen molar-refractivity contribution in [3.63, 3.8) is 0 Å². The van der Waals surface area contributed by atoms with Crippen LogP contribution in [0.1, 0.15) is 16.8 Å². The lowest BCUT2D eigenvalue weighted by atomic mass is 10.2. The van der Waals surface area contributed by atoms with Gasteiger partial charge in [0.15, 0.2) is 0 Å². The molecule has 1 fully saturated rings. The molecule has 0 spiro atoms. The standard InChI is InChI=1S/C8H11N5O2/c9-7-5(3-11-13-7)8(15)12-4-1-6(14)10-2-4/h3-4H,1-2H2,(H,10,14)(H,12,15)(H3,9,11,13). The van der Waals surface area contributed by atoms with Crippen LogP contribution in [0.5, 0.6) is 0 Å². The van der Waals surface area contributed by atoms with Crippen LogP contribution >= 0.6 is 0 Å². The van der Waals surface area contributed by atoms with Crippen molar-refractivity contribution in [1.82, 2.24) is 20.8 Å². The number of hydrogen-bond donors (Lipinski definition) is 4. The van der Waals surface area contributed by atoms with Gasteiger partial charge in [-0.05, 0) is 0 Å². The number of anilines is 1. The van der Waals surface area contributed by atoms with Gasteiger partial charge in [0.05, 0.1) is 12.2 Å². The predicted octanol–water partition coefficient (Wildman–Crippen LogP) is -1.39. The van der Waals surface area contributed by atoms with E-state index in [1.807, 2.05) is 0 Å². The van der Waals surface area contributed by atoms with Crippen molar-refractivity contribution in [3.05, 3.63) is 11.8 Å². The van der Waals surface area contributed by atoms with Crippen molar-refractivity contribution >= 4 is 17.6 Å². The number of rotatable bonds is 2. The van der Waals surface area contributed by atoms with Gasteiger partial charge in [-0.1, -0.05) is 0 Å². The molecule has 80 valence electrons. The van der Waals surface area contributed by atoms with Crippen LogP contribution in [-0.2, 0) is 4.79 Å². The molecule has 7 heteroatoms. The van der Waals surface area contributed by atoms with Crippen molar-refractivity contribution in [3.8, 4) is 0 Å². The summed E-state index contributed by atoms with van der Waals surface area (Å²) < 4.78 is 0. The van der Waals surface area contributed by atoms with Crippen molar-refractivity contribution in [1.29, 1.82) is 0 Å². The Hall–Kier alpha value is -2.05. The summed E-state index contributed by atoms with van der Waals surface area (Å²) in [6.45, 7) is 0.461. The number of nitrogens with zero attached hydrogens (tertiary/aromatic N) is 1. The van der Waals surface area contributed by atoms with Crippen LogP contribution in [0.25, 0.3) is 0 Å². The van der Waals surface area contributed by atoms with Crippen LogP contribution in [0.4, 0.5) is 5.82 Å². The minimum atomic E-state index is -0.317. The first-order chi connectivity index (χ1) is 7.16. The van der Waals surface area contributed by atoms with E-state index >= 15 is 0 Å². The van der Waals surface area contributed by atoms with E-state index < -0.39 is 0 Å². The highest BCUT2D eigenvalue weighted by Gasteiger charge is 2.24. The Morgan fingerprint density at radius 1 is 1.67 bits per heavy atom. The third-order valence-corrected chi connectivity index (χ3v) is 2.23. The largest absolute Gasteiger partial charge is 0.383 e. The summed E-state index contributed by atoms with van der Waals surface area (Å²) in [6.07, 6.45) is 1.67. The molecule has 2 amide bonds. The Morgan fingerprint density at radius 3 is 3.00 bits per heavy atom. The SMILES string of the molecule is Nc1[nH]ncc1C(=O)NC1CNC(=O)C1. The van der Waals surface area contributed by atoms with Crippen LogP contribution in [0, 0.1) is 0 Å². The summed E-state index contributed by atoms with van der Waals surface area (Å²) in [5, 5.41) is 11.4. The molecule has 0 aliphatic carbocycles. The smallest absolute Gasteiger partial charge is 0.256 e. The predicted molar refractivity (Wildman–Crippen MR) is 51.9 cm³/mol. The Labute approximate surface area is 85.4 Å². The average Bonchev–Trinajstić information content (AvgIpc) is 2.75. The van der Waals surface area contributed by atoms with E-state index in [0.717, 1.165) is 0 Å². The van der Waals surface area contributed by atoms with Crippen molar-refractivity contribution in [2.24, 2.45) is 0 Å². The number of aromatic nitrogens is 2. The highest BCUT2D eigenvalue weighted by atomic mass is 16.2. The molecule has 1 aromatic heterocycles. The number of carbonyl (C=O) groups is 2. The zero-order valence-electron chi connectivity index (χ0n) is 7.91. The summed E-state index contributed by atoms with van der Waals surface area (Å²) in [7, 11) is 0. The van der Waals surface area contributed by atoms with E-state index in [9.17, 15) is 9.59 Å². The molecule has 1 aliphatic rings. The normalized spacial score (nSPS) is 20.0. The monoisotopic (exact) mass is 209 g/mol. The quantitative estimate of drug-likeness (QED) is 0.480. The minimum Gasteiger partial charge on any atom is -0.383 e. The zero-order valence-corrected chi connectivity index (χ0v) is 7.91. The molecule has 15 heavy (non-hydrogen) atoms. The van der Waals surface area contributed by atoms with E-state index in [0.29, 0.717) is 18.5 Å². The van der Waals surface area contributed by atoms with Crippen LogP contribution in [0.3, 0.4) is 0 Å². The van der Waals surface area contributed by atoms with Gasteiger partial charge in [0.2, 0.25) is 5.91 Å². The summed E-state index contributed by atoms with van der Waals surface area (Å²) >= 11 is 0. The summed E-state index contributed by atoms with van der Waals surface area (Å²) in [5.41, 5.74) is 5.78. The second-order valence-electron chi connectivity index (χ2n) is 3.38. The third kappa shape index (κ3) is 1.90. The molecule has 5 N–H and O–H groups in total. The van der Waals surface area contributed by atoms with Crippen LogP contribution in [0.2, 0.25) is 0 Å². The number of aromatic amines is 1. The maximum Gasteiger partial charge on any atom is 0.256 e. The molecule has 2 heterocycles. The summed E-state index contributed by atoms with van der Waals surface area (Å²) in [5.74, 6) is -0.145. The molecule has 1 aromatic rings. The molecule has 0 aromatic carbocycles. The van der Waals surface area contributed by atoms with Gasteiger partial charge < -0.3 is 16.4 Å². The number of amides is 2. The molecule has 0 radical (unpaired) electrons. The minimum absolute atomic E-state index is 0.0551. The molecular weight excluding hydrogens is 198 g/mol. The van der Waals surface area contributed by atoms with E-state index in [1.165, 1.54) is 6.20 Å². The van der Waals surface area contributed by atoms with Gasteiger partial charge in [0, 0.05) is 13.0 Å². The fourth-order valence-corrected chi connectivity index (χ4v) is 1.45. The number of nitrogens with one attached hydrogen (secondary N) is 3. The second kappa shape index (κ2) is 3.60. The van der Waals surface area contributed by atoms with Crippen molar-refractivity contribution in [2.75, 3.05) is 12.3 Å². The molecule has 0 bridgehead atoms. The van der Waals surface area contributed by atoms with Gasteiger partial charge in [0.1, 0.15) is 11.4 Å². The first-order valence-corrected chi connectivity index (χ1v) is 4.53. The molecule has 1 atom stereocenters. The molecule has 0 saturated carbocycles. The second-order valence-corrected chi connectivity index (χ2v) is 3.38. The molecule has 1 unspecified atom stereocenters. The number of carbonyl (C=O) groups excluding carboxylic acids is 2.